The highest BCUT2D eigenvalue weighted by molar-refractivity contribution is 5.64. The molecule has 0 aromatic heterocycles. The molecule has 0 spiro atoms. The zero-order chi connectivity index (χ0) is 20.5. The second-order valence-corrected chi connectivity index (χ2v) is 8.78. The Labute approximate surface area is 177 Å². The Morgan fingerprint density at radius 2 is 1.45 bits per heavy atom. The van der Waals surface area contributed by atoms with Crippen LogP contribution in [0.25, 0.3) is 11.1 Å². The van der Waals surface area contributed by atoms with Gasteiger partial charge in [-0.3, -0.25) is 0 Å². The molecule has 0 amide bonds. The molecule has 1 aliphatic rings. The third kappa shape index (κ3) is 6.56. The highest BCUT2D eigenvalue weighted by atomic mass is 19.1. The Hall–Kier alpha value is -1.89. The van der Waals surface area contributed by atoms with Crippen molar-refractivity contribution >= 4 is 0 Å². The summed E-state index contributed by atoms with van der Waals surface area (Å²) in [5.74, 6) is 1.43. The van der Waals surface area contributed by atoms with Crippen LogP contribution in [0.15, 0.2) is 54.6 Å². The van der Waals surface area contributed by atoms with E-state index in [4.69, 9.17) is 0 Å². The maximum Gasteiger partial charge on any atom is 0.131 e. The first-order chi connectivity index (χ1) is 14.2. The molecule has 156 valence electrons. The van der Waals surface area contributed by atoms with Crippen molar-refractivity contribution in [2.24, 2.45) is 11.8 Å². The lowest BCUT2D eigenvalue weighted by Crippen LogP contribution is -2.09. The highest BCUT2D eigenvalue weighted by Crippen LogP contribution is 2.29. The summed E-state index contributed by atoms with van der Waals surface area (Å²) < 4.78 is 14.6. The summed E-state index contributed by atoms with van der Waals surface area (Å²) in [5.41, 5.74) is 4.16. The monoisotopic (exact) mass is 392 g/mol. The van der Waals surface area contributed by atoms with Gasteiger partial charge in [-0.05, 0) is 79.5 Å². The molecular weight excluding hydrogens is 355 g/mol. The molecule has 0 heterocycles. The molecule has 2 aromatic carbocycles. The average molecular weight is 393 g/mol. The van der Waals surface area contributed by atoms with Crippen molar-refractivity contribution in [3.05, 3.63) is 71.6 Å². The fourth-order valence-electron chi connectivity index (χ4n) is 4.52. The minimum absolute atomic E-state index is 0.0966. The van der Waals surface area contributed by atoms with Crippen LogP contribution in [0.5, 0.6) is 0 Å². The van der Waals surface area contributed by atoms with Crippen LogP contribution in [0.4, 0.5) is 4.39 Å². The minimum Gasteiger partial charge on any atom is -0.206 e. The smallest absolute Gasteiger partial charge is 0.131 e. The Kier molecular flexibility index (Phi) is 8.52. The number of unbranched alkanes of at least 4 members (excludes halogenated alkanes) is 2. The molecule has 1 heteroatoms. The van der Waals surface area contributed by atoms with E-state index in [9.17, 15) is 4.39 Å². The highest BCUT2D eigenvalue weighted by Gasteiger charge is 2.15. The van der Waals surface area contributed by atoms with E-state index in [1.807, 2.05) is 6.07 Å². The predicted molar refractivity (Wildman–Crippen MR) is 124 cm³/mol. The number of allylic oxidation sites excluding steroid dienone is 2. The molecule has 0 nitrogen and oxygen atoms in total. The van der Waals surface area contributed by atoms with E-state index in [2.05, 4.69) is 56.3 Å². The van der Waals surface area contributed by atoms with Crippen molar-refractivity contribution in [3.8, 4) is 11.1 Å². The van der Waals surface area contributed by atoms with Gasteiger partial charge in [0, 0.05) is 5.56 Å². The lowest BCUT2D eigenvalue weighted by Gasteiger charge is -2.22. The number of halogens is 1. The van der Waals surface area contributed by atoms with E-state index in [1.54, 1.807) is 6.07 Å². The maximum absolute atomic E-state index is 14.6. The van der Waals surface area contributed by atoms with E-state index in [1.165, 1.54) is 50.5 Å². The summed E-state index contributed by atoms with van der Waals surface area (Å²) in [7, 11) is 0. The summed E-state index contributed by atoms with van der Waals surface area (Å²) in [6, 6.07) is 14.3. The van der Waals surface area contributed by atoms with Gasteiger partial charge >= 0.3 is 0 Å². The first-order valence-electron chi connectivity index (χ1n) is 11.8. The van der Waals surface area contributed by atoms with Crippen molar-refractivity contribution in [2.45, 2.75) is 78.1 Å². The number of benzene rings is 2. The Balaban J connectivity index is 1.54. The van der Waals surface area contributed by atoms with E-state index in [-0.39, 0.29) is 5.82 Å². The quantitative estimate of drug-likeness (QED) is 0.281. The molecular formula is C28H37F. The van der Waals surface area contributed by atoms with Crippen LogP contribution in [0, 0.1) is 17.7 Å². The van der Waals surface area contributed by atoms with Crippen LogP contribution in [-0.4, -0.2) is 0 Å². The SMILES string of the molecule is CCCCCc1ccc(-c2ccc(CCC3C=CC(CCC)CC3)cc2)c(F)c1. The molecule has 2 unspecified atom stereocenters. The maximum atomic E-state index is 14.6. The zero-order valence-corrected chi connectivity index (χ0v) is 18.3. The number of hydrogen-bond acceptors (Lipinski definition) is 0. The first-order valence-corrected chi connectivity index (χ1v) is 11.8. The lowest BCUT2D eigenvalue weighted by atomic mass is 9.83. The number of aryl methyl sites for hydroxylation is 2. The van der Waals surface area contributed by atoms with Gasteiger partial charge in [0.1, 0.15) is 5.82 Å². The molecule has 0 saturated heterocycles. The van der Waals surface area contributed by atoms with Crippen LogP contribution in [0.3, 0.4) is 0 Å². The zero-order valence-electron chi connectivity index (χ0n) is 18.3. The van der Waals surface area contributed by atoms with Gasteiger partial charge < -0.3 is 0 Å². The largest absolute Gasteiger partial charge is 0.206 e. The first kappa shape index (κ1) is 21.8. The molecule has 29 heavy (non-hydrogen) atoms. The van der Waals surface area contributed by atoms with E-state index < -0.39 is 0 Å². The Morgan fingerprint density at radius 3 is 2.07 bits per heavy atom. The summed E-state index contributed by atoms with van der Waals surface area (Å²) in [4.78, 5) is 0. The van der Waals surface area contributed by atoms with Crippen LogP contribution in [0.1, 0.15) is 76.3 Å². The van der Waals surface area contributed by atoms with E-state index in [0.29, 0.717) is 5.56 Å². The fourth-order valence-corrected chi connectivity index (χ4v) is 4.52. The van der Waals surface area contributed by atoms with Crippen molar-refractivity contribution in [2.75, 3.05) is 0 Å². The van der Waals surface area contributed by atoms with Crippen molar-refractivity contribution in [3.63, 3.8) is 0 Å². The van der Waals surface area contributed by atoms with E-state index in [0.717, 1.165) is 42.2 Å². The molecule has 2 atom stereocenters. The molecule has 0 bridgehead atoms. The van der Waals surface area contributed by atoms with Gasteiger partial charge in [-0.2, -0.15) is 0 Å². The summed E-state index contributed by atoms with van der Waals surface area (Å²) >= 11 is 0. The van der Waals surface area contributed by atoms with Crippen molar-refractivity contribution in [1.29, 1.82) is 0 Å². The van der Waals surface area contributed by atoms with Crippen molar-refractivity contribution in [1.82, 2.24) is 0 Å². The summed E-state index contributed by atoms with van der Waals surface area (Å²) in [6.07, 6.45) is 17.0. The summed E-state index contributed by atoms with van der Waals surface area (Å²) in [6.45, 7) is 4.47. The normalized spacial score (nSPS) is 18.9. The second kappa shape index (κ2) is 11.3. The van der Waals surface area contributed by atoms with Crippen LogP contribution in [0.2, 0.25) is 0 Å². The molecule has 0 fully saturated rings. The summed E-state index contributed by atoms with van der Waals surface area (Å²) in [5, 5.41) is 0. The standard InChI is InChI=1S/C28H37F/c1-3-5-6-8-25-17-20-27(28(29)21-25)26-18-15-24(16-19-26)14-13-23-11-9-22(7-4-2)10-12-23/h9,11,15-23H,3-8,10,12-14H2,1-2H3. The molecule has 3 rings (SSSR count). The third-order valence-electron chi connectivity index (χ3n) is 6.39. The molecule has 0 N–H and O–H groups in total. The van der Waals surface area contributed by atoms with Crippen LogP contribution < -0.4 is 0 Å². The molecule has 1 aliphatic carbocycles. The minimum atomic E-state index is -0.0966. The van der Waals surface area contributed by atoms with Gasteiger partial charge in [0.15, 0.2) is 0 Å². The van der Waals surface area contributed by atoms with Crippen LogP contribution in [-0.2, 0) is 12.8 Å². The van der Waals surface area contributed by atoms with Gasteiger partial charge in [-0.25, -0.2) is 4.39 Å². The van der Waals surface area contributed by atoms with Gasteiger partial charge in [0.25, 0.3) is 0 Å². The molecule has 0 radical (unpaired) electrons. The van der Waals surface area contributed by atoms with E-state index >= 15 is 0 Å². The average Bonchev–Trinajstić information content (AvgIpc) is 2.74. The molecule has 2 aromatic rings. The van der Waals surface area contributed by atoms with Gasteiger partial charge in [0.05, 0.1) is 0 Å². The van der Waals surface area contributed by atoms with Crippen molar-refractivity contribution < 1.29 is 4.39 Å². The number of rotatable bonds is 10. The van der Waals surface area contributed by atoms with Gasteiger partial charge in [0.2, 0.25) is 0 Å². The fraction of sp³-hybridized carbons (Fsp3) is 0.500. The second-order valence-electron chi connectivity index (χ2n) is 8.78. The molecule has 0 aliphatic heterocycles. The topological polar surface area (TPSA) is 0 Å². The van der Waals surface area contributed by atoms with Gasteiger partial charge in [-0.15, -0.1) is 0 Å². The van der Waals surface area contributed by atoms with Gasteiger partial charge in [-0.1, -0.05) is 81.7 Å². The third-order valence-corrected chi connectivity index (χ3v) is 6.39. The lowest BCUT2D eigenvalue weighted by molar-refractivity contribution is 0.418. The number of hydrogen-bond donors (Lipinski definition) is 0. The molecule has 0 saturated carbocycles. The predicted octanol–water partition coefficient (Wildman–Crippen LogP) is 8.54. The van der Waals surface area contributed by atoms with Crippen LogP contribution >= 0.6 is 0 Å². The Morgan fingerprint density at radius 1 is 0.759 bits per heavy atom. The Bertz CT molecular complexity index is 771.